The lowest BCUT2D eigenvalue weighted by Crippen LogP contribution is -2.42. The molecule has 29 heavy (non-hydrogen) atoms. The summed E-state index contributed by atoms with van der Waals surface area (Å²) in [6.07, 6.45) is 1.09. The number of benzene rings is 1. The number of carbonyl (C=O) groups excluding carboxylic acids is 3. The highest BCUT2D eigenvalue weighted by Crippen LogP contribution is 2.19. The van der Waals surface area contributed by atoms with Gasteiger partial charge in [-0.05, 0) is 38.8 Å². The Morgan fingerprint density at radius 1 is 1.07 bits per heavy atom. The largest absolute Gasteiger partial charge is 0.466 e. The molecule has 9 nitrogen and oxygen atoms in total. The van der Waals surface area contributed by atoms with Gasteiger partial charge in [-0.1, -0.05) is 18.2 Å². The number of aryl methyl sites for hydroxylation is 1. The number of carbonyl (C=O) groups is 3. The van der Waals surface area contributed by atoms with Crippen molar-refractivity contribution in [2.45, 2.75) is 26.7 Å². The highest BCUT2D eigenvalue weighted by Gasteiger charge is 2.29. The smallest absolute Gasteiger partial charge is 0.361 e. The van der Waals surface area contributed by atoms with Gasteiger partial charge in [-0.3, -0.25) is 9.59 Å². The van der Waals surface area contributed by atoms with Gasteiger partial charge in [-0.2, -0.15) is 9.90 Å². The van der Waals surface area contributed by atoms with Crippen LogP contribution in [-0.4, -0.2) is 64.0 Å². The fourth-order valence-corrected chi connectivity index (χ4v) is 3.16. The van der Waals surface area contributed by atoms with Crippen molar-refractivity contribution in [2.75, 3.05) is 26.3 Å². The second-order valence-corrected chi connectivity index (χ2v) is 6.74. The van der Waals surface area contributed by atoms with Gasteiger partial charge < -0.3 is 14.4 Å². The van der Waals surface area contributed by atoms with Crippen LogP contribution in [0.25, 0.3) is 5.69 Å². The minimum atomic E-state index is -0.695. The first-order valence-corrected chi connectivity index (χ1v) is 9.60. The van der Waals surface area contributed by atoms with E-state index in [0.717, 1.165) is 5.69 Å². The number of likely N-dealkylation sites (tertiary alicyclic amines) is 1. The number of esters is 2. The van der Waals surface area contributed by atoms with Crippen molar-refractivity contribution in [3.63, 3.8) is 0 Å². The molecule has 1 aromatic carbocycles. The van der Waals surface area contributed by atoms with E-state index in [1.807, 2.05) is 30.3 Å². The molecule has 154 valence electrons. The Morgan fingerprint density at radius 2 is 1.76 bits per heavy atom. The van der Waals surface area contributed by atoms with Crippen molar-refractivity contribution in [1.29, 1.82) is 0 Å². The van der Waals surface area contributed by atoms with E-state index in [1.165, 1.54) is 4.80 Å². The molecule has 2 aromatic rings. The van der Waals surface area contributed by atoms with Gasteiger partial charge >= 0.3 is 11.9 Å². The van der Waals surface area contributed by atoms with Crippen molar-refractivity contribution >= 4 is 17.8 Å². The van der Waals surface area contributed by atoms with E-state index in [4.69, 9.17) is 9.47 Å². The number of piperidine rings is 1. The van der Waals surface area contributed by atoms with Crippen molar-refractivity contribution in [2.24, 2.45) is 5.92 Å². The SMILES string of the molecule is CCOC(=O)C1CCN(C(=O)COC(=O)c2nn(-c3ccccc3)nc2C)CC1. The summed E-state index contributed by atoms with van der Waals surface area (Å²) in [5.74, 6) is -1.39. The molecule has 1 aromatic heterocycles. The lowest BCUT2D eigenvalue weighted by atomic mass is 9.97. The van der Waals surface area contributed by atoms with Crippen LogP contribution in [0.3, 0.4) is 0 Å². The summed E-state index contributed by atoms with van der Waals surface area (Å²) < 4.78 is 10.2. The molecule has 1 fully saturated rings. The van der Waals surface area contributed by atoms with E-state index in [2.05, 4.69) is 10.2 Å². The monoisotopic (exact) mass is 400 g/mol. The van der Waals surface area contributed by atoms with E-state index in [0.29, 0.717) is 38.2 Å². The Labute approximate surface area is 168 Å². The van der Waals surface area contributed by atoms with Crippen LogP contribution in [0.5, 0.6) is 0 Å². The maximum atomic E-state index is 12.3. The first-order valence-electron chi connectivity index (χ1n) is 9.60. The maximum absolute atomic E-state index is 12.3. The number of hydrogen-bond donors (Lipinski definition) is 0. The van der Waals surface area contributed by atoms with E-state index < -0.39 is 5.97 Å². The molecule has 0 unspecified atom stereocenters. The van der Waals surface area contributed by atoms with Gasteiger partial charge in [-0.25, -0.2) is 4.79 Å². The van der Waals surface area contributed by atoms with Crippen LogP contribution in [0.15, 0.2) is 30.3 Å². The second-order valence-electron chi connectivity index (χ2n) is 6.74. The minimum absolute atomic E-state index is 0.0719. The highest BCUT2D eigenvalue weighted by atomic mass is 16.5. The van der Waals surface area contributed by atoms with Crippen molar-refractivity contribution < 1.29 is 23.9 Å². The molecule has 0 aliphatic carbocycles. The van der Waals surface area contributed by atoms with Crippen LogP contribution in [0, 0.1) is 12.8 Å². The lowest BCUT2D eigenvalue weighted by molar-refractivity contribution is -0.151. The van der Waals surface area contributed by atoms with Crippen molar-refractivity contribution in [3.05, 3.63) is 41.7 Å². The molecule has 0 saturated carbocycles. The number of amides is 1. The standard InChI is InChI=1S/C20H24N4O5/c1-3-28-19(26)15-9-11-23(12-10-15)17(25)13-29-20(27)18-14(2)21-24(22-18)16-7-5-4-6-8-16/h4-8,15H,3,9-13H2,1-2H3. The molecule has 9 heteroatoms. The third-order valence-corrected chi connectivity index (χ3v) is 4.76. The molecular weight excluding hydrogens is 376 g/mol. The van der Waals surface area contributed by atoms with Crippen LogP contribution in [0.4, 0.5) is 0 Å². The summed E-state index contributed by atoms with van der Waals surface area (Å²) in [5, 5.41) is 8.40. The average molecular weight is 400 g/mol. The number of rotatable bonds is 6. The zero-order valence-corrected chi connectivity index (χ0v) is 16.5. The van der Waals surface area contributed by atoms with E-state index >= 15 is 0 Å². The molecule has 0 bridgehead atoms. The normalized spacial score (nSPS) is 14.5. The molecule has 0 radical (unpaired) electrons. The number of hydrogen-bond acceptors (Lipinski definition) is 7. The minimum Gasteiger partial charge on any atom is -0.466 e. The summed E-state index contributed by atoms with van der Waals surface area (Å²) in [5.41, 5.74) is 1.21. The zero-order chi connectivity index (χ0) is 20.8. The van der Waals surface area contributed by atoms with E-state index in [9.17, 15) is 14.4 Å². The van der Waals surface area contributed by atoms with E-state index in [-0.39, 0.29) is 30.1 Å². The Balaban J connectivity index is 1.52. The fourth-order valence-electron chi connectivity index (χ4n) is 3.16. The molecule has 0 N–H and O–H groups in total. The molecule has 3 rings (SSSR count). The molecular formula is C20H24N4O5. The first-order chi connectivity index (χ1) is 14.0. The van der Waals surface area contributed by atoms with Gasteiger partial charge in [0.2, 0.25) is 0 Å². The Kier molecular flexibility index (Phi) is 6.58. The van der Waals surface area contributed by atoms with Gasteiger partial charge in [0.25, 0.3) is 5.91 Å². The maximum Gasteiger partial charge on any atom is 0.361 e. The van der Waals surface area contributed by atoms with E-state index in [1.54, 1.807) is 18.7 Å². The Morgan fingerprint density at radius 3 is 2.41 bits per heavy atom. The molecule has 2 heterocycles. The summed E-state index contributed by atoms with van der Waals surface area (Å²) in [6.45, 7) is 4.27. The van der Waals surface area contributed by atoms with Crippen molar-refractivity contribution in [1.82, 2.24) is 19.9 Å². The molecule has 1 aliphatic rings. The molecule has 0 atom stereocenters. The predicted molar refractivity (Wildman–Crippen MR) is 102 cm³/mol. The quantitative estimate of drug-likeness (QED) is 0.678. The summed E-state index contributed by atoms with van der Waals surface area (Å²) in [4.78, 5) is 39.4. The van der Waals surface area contributed by atoms with Crippen LogP contribution >= 0.6 is 0 Å². The van der Waals surface area contributed by atoms with Crippen LogP contribution in [0.1, 0.15) is 35.9 Å². The van der Waals surface area contributed by atoms with Gasteiger partial charge in [0.05, 0.1) is 23.9 Å². The van der Waals surface area contributed by atoms with Gasteiger partial charge in [0.1, 0.15) is 0 Å². The molecule has 0 spiro atoms. The summed E-state index contributed by atoms with van der Waals surface area (Å²) in [6, 6.07) is 9.19. The number of aromatic nitrogens is 3. The highest BCUT2D eigenvalue weighted by molar-refractivity contribution is 5.90. The van der Waals surface area contributed by atoms with Crippen LogP contribution in [0.2, 0.25) is 0 Å². The molecule has 1 saturated heterocycles. The van der Waals surface area contributed by atoms with Gasteiger partial charge in [0.15, 0.2) is 12.3 Å². The van der Waals surface area contributed by atoms with Crippen LogP contribution < -0.4 is 0 Å². The topological polar surface area (TPSA) is 104 Å². The van der Waals surface area contributed by atoms with Gasteiger partial charge in [0, 0.05) is 13.1 Å². The number of para-hydroxylation sites is 1. The summed E-state index contributed by atoms with van der Waals surface area (Å²) >= 11 is 0. The second kappa shape index (κ2) is 9.31. The fraction of sp³-hybridized carbons (Fsp3) is 0.450. The number of nitrogens with zero attached hydrogens (tertiary/aromatic N) is 4. The zero-order valence-electron chi connectivity index (χ0n) is 16.5. The lowest BCUT2D eigenvalue weighted by Gasteiger charge is -2.30. The number of ether oxygens (including phenoxy) is 2. The third-order valence-electron chi connectivity index (χ3n) is 4.76. The third kappa shape index (κ3) is 4.98. The summed E-state index contributed by atoms with van der Waals surface area (Å²) in [7, 11) is 0. The Bertz CT molecular complexity index is 872. The Hall–Kier alpha value is -3.23. The predicted octanol–water partition coefficient (Wildman–Crippen LogP) is 1.53. The van der Waals surface area contributed by atoms with Crippen molar-refractivity contribution in [3.8, 4) is 5.69 Å². The van der Waals surface area contributed by atoms with Crippen LogP contribution in [-0.2, 0) is 19.1 Å². The average Bonchev–Trinajstić information content (AvgIpc) is 3.14. The first kappa shape index (κ1) is 20.5. The molecule has 1 aliphatic heterocycles. The van der Waals surface area contributed by atoms with Gasteiger partial charge in [-0.15, -0.1) is 5.10 Å². The molecule has 1 amide bonds.